The van der Waals surface area contributed by atoms with Gasteiger partial charge in [0.25, 0.3) is 5.91 Å². The Labute approximate surface area is 64.4 Å². The summed E-state index contributed by atoms with van der Waals surface area (Å²) in [7, 11) is 0. The summed E-state index contributed by atoms with van der Waals surface area (Å²) >= 11 is 0. The van der Waals surface area contributed by atoms with Gasteiger partial charge in [-0.1, -0.05) is 0 Å². The average Bonchev–Trinajstić information content (AvgIpc) is 2.06. The number of imide groups is 1. The van der Waals surface area contributed by atoms with Crippen molar-refractivity contribution >= 4 is 11.8 Å². The molecule has 0 aliphatic carbocycles. The molecule has 68 valence electrons. The van der Waals surface area contributed by atoms with Crippen molar-refractivity contribution in [3.05, 3.63) is 0 Å². The van der Waals surface area contributed by atoms with Gasteiger partial charge < -0.3 is 5.11 Å². The number of hydrogen-bond donors (Lipinski definition) is 2. The Kier molecular flexibility index (Phi) is 1.64. The number of carbonyl (C=O) groups excluding carboxylic acids is 2. The molecule has 12 heavy (non-hydrogen) atoms. The van der Waals surface area contributed by atoms with E-state index in [1.165, 1.54) is 5.32 Å². The third-order valence-corrected chi connectivity index (χ3v) is 1.51. The van der Waals surface area contributed by atoms with E-state index < -0.39 is 30.0 Å². The molecule has 2 N–H and O–H groups in total. The van der Waals surface area contributed by atoms with Crippen molar-refractivity contribution in [3.63, 3.8) is 0 Å². The monoisotopic (exact) mass is 183 g/mol. The first-order valence-electron chi connectivity index (χ1n) is 2.91. The van der Waals surface area contributed by atoms with Gasteiger partial charge in [-0.05, 0) is 0 Å². The summed E-state index contributed by atoms with van der Waals surface area (Å²) < 4.78 is 35.7. The van der Waals surface area contributed by atoms with Crippen LogP contribution >= 0.6 is 0 Å². The van der Waals surface area contributed by atoms with E-state index in [1.807, 2.05) is 0 Å². The molecule has 0 bridgehead atoms. The number of aliphatic hydroxyl groups is 1. The maximum Gasteiger partial charge on any atom is 0.426 e. The zero-order chi connectivity index (χ0) is 9.57. The fourth-order valence-electron chi connectivity index (χ4n) is 0.816. The Bertz CT molecular complexity index is 249. The van der Waals surface area contributed by atoms with E-state index in [-0.39, 0.29) is 0 Å². The van der Waals surface area contributed by atoms with E-state index in [9.17, 15) is 22.8 Å². The second-order valence-electron chi connectivity index (χ2n) is 2.41. The van der Waals surface area contributed by atoms with Crippen LogP contribution in [-0.4, -0.2) is 28.7 Å². The van der Waals surface area contributed by atoms with Gasteiger partial charge in [-0.2, -0.15) is 13.2 Å². The van der Waals surface area contributed by atoms with Gasteiger partial charge in [0.15, 0.2) is 0 Å². The van der Waals surface area contributed by atoms with E-state index >= 15 is 0 Å². The van der Waals surface area contributed by atoms with E-state index in [0.29, 0.717) is 0 Å². The van der Waals surface area contributed by atoms with Gasteiger partial charge in [-0.3, -0.25) is 14.9 Å². The van der Waals surface area contributed by atoms with Gasteiger partial charge in [-0.15, -0.1) is 0 Å². The highest BCUT2D eigenvalue weighted by Gasteiger charge is 2.64. The maximum atomic E-state index is 11.9. The topological polar surface area (TPSA) is 66.4 Å². The molecular weight excluding hydrogens is 179 g/mol. The van der Waals surface area contributed by atoms with E-state index in [4.69, 9.17) is 5.11 Å². The van der Waals surface area contributed by atoms with Crippen LogP contribution in [0.5, 0.6) is 0 Å². The van der Waals surface area contributed by atoms with E-state index in [2.05, 4.69) is 0 Å². The second-order valence-corrected chi connectivity index (χ2v) is 2.41. The molecule has 0 radical (unpaired) electrons. The quantitative estimate of drug-likeness (QED) is 0.489. The molecule has 1 fully saturated rings. The molecule has 1 aliphatic heterocycles. The number of rotatable bonds is 0. The number of halogens is 3. The molecule has 1 atom stereocenters. The van der Waals surface area contributed by atoms with Crippen LogP contribution in [0.4, 0.5) is 13.2 Å². The molecule has 0 saturated carbocycles. The zero-order valence-corrected chi connectivity index (χ0v) is 5.60. The Balaban J connectivity index is 3.00. The summed E-state index contributed by atoms with van der Waals surface area (Å²) in [4.78, 5) is 20.8. The molecule has 0 aromatic rings. The van der Waals surface area contributed by atoms with Crippen LogP contribution in [0.2, 0.25) is 0 Å². The molecule has 1 aliphatic rings. The summed E-state index contributed by atoms with van der Waals surface area (Å²) in [6.45, 7) is 0. The largest absolute Gasteiger partial charge is 0.426 e. The first-order valence-corrected chi connectivity index (χ1v) is 2.91. The Morgan fingerprint density at radius 1 is 1.42 bits per heavy atom. The highest BCUT2D eigenvalue weighted by atomic mass is 19.4. The fourth-order valence-corrected chi connectivity index (χ4v) is 0.816. The lowest BCUT2D eigenvalue weighted by molar-refractivity contribution is -0.246. The van der Waals surface area contributed by atoms with Gasteiger partial charge in [0.2, 0.25) is 11.5 Å². The highest BCUT2D eigenvalue weighted by Crippen LogP contribution is 2.35. The molecule has 1 unspecified atom stereocenters. The van der Waals surface area contributed by atoms with Crippen molar-refractivity contribution in [2.75, 3.05) is 0 Å². The SMILES string of the molecule is O=C1CC(O)(C(F)(F)F)C(=O)N1. The number of carbonyl (C=O) groups is 2. The van der Waals surface area contributed by atoms with Gasteiger partial charge >= 0.3 is 6.18 Å². The third kappa shape index (κ3) is 1.06. The van der Waals surface area contributed by atoms with Crippen LogP contribution < -0.4 is 5.32 Å². The predicted octanol–water partition coefficient (Wildman–Crippen LogP) is -0.674. The van der Waals surface area contributed by atoms with Gasteiger partial charge in [0.05, 0.1) is 6.42 Å². The van der Waals surface area contributed by atoms with Crippen LogP contribution in [0.3, 0.4) is 0 Å². The van der Waals surface area contributed by atoms with Crippen molar-refractivity contribution in [1.29, 1.82) is 0 Å². The van der Waals surface area contributed by atoms with Crippen molar-refractivity contribution in [1.82, 2.24) is 5.32 Å². The van der Waals surface area contributed by atoms with Crippen LogP contribution in [0, 0.1) is 0 Å². The van der Waals surface area contributed by atoms with Crippen LogP contribution in [-0.2, 0) is 9.59 Å². The molecule has 0 aromatic heterocycles. The van der Waals surface area contributed by atoms with Gasteiger partial charge in [0, 0.05) is 0 Å². The van der Waals surface area contributed by atoms with E-state index in [0.717, 1.165) is 0 Å². The van der Waals surface area contributed by atoms with Crippen molar-refractivity contribution in [2.45, 2.75) is 18.2 Å². The zero-order valence-electron chi connectivity index (χ0n) is 5.60. The molecule has 7 heteroatoms. The highest BCUT2D eigenvalue weighted by molar-refractivity contribution is 6.08. The minimum atomic E-state index is -5.11. The average molecular weight is 183 g/mol. The minimum Gasteiger partial charge on any atom is -0.372 e. The summed E-state index contributed by atoms with van der Waals surface area (Å²) in [5, 5.41) is 10.1. The number of hydrogen-bond acceptors (Lipinski definition) is 3. The van der Waals surface area contributed by atoms with Crippen LogP contribution in [0.15, 0.2) is 0 Å². The standard InChI is InChI=1S/C5H4F3NO3/c6-5(7,8)4(12)1-2(10)9-3(4)11/h12H,1H2,(H,9,10,11). The van der Waals surface area contributed by atoms with E-state index in [1.54, 1.807) is 0 Å². The molecule has 4 nitrogen and oxygen atoms in total. The smallest absolute Gasteiger partial charge is 0.372 e. The second kappa shape index (κ2) is 2.19. The predicted molar refractivity (Wildman–Crippen MR) is 28.8 cm³/mol. The normalized spacial score (nSPS) is 30.7. The van der Waals surface area contributed by atoms with Crippen LogP contribution in [0.25, 0.3) is 0 Å². The van der Waals surface area contributed by atoms with Crippen molar-refractivity contribution in [3.8, 4) is 0 Å². The maximum absolute atomic E-state index is 11.9. The molecule has 0 aromatic carbocycles. The third-order valence-electron chi connectivity index (χ3n) is 1.51. The first-order chi connectivity index (χ1) is 5.27. The van der Waals surface area contributed by atoms with Crippen molar-refractivity contribution in [2.24, 2.45) is 0 Å². The lowest BCUT2D eigenvalue weighted by Crippen LogP contribution is -2.50. The van der Waals surface area contributed by atoms with Gasteiger partial charge in [-0.25, -0.2) is 0 Å². The van der Waals surface area contributed by atoms with Crippen molar-refractivity contribution < 1.29 is 27.9 Å². The Hall–Kier alpha value is -1.11. The lowest BCUT2D eigenvalue weighted by Gasteiger charge is -2.20. The Morgan fingerprint density at radius 3 is 2.08 bits per heavy atom. The molecule has 1 heterocycles. The van der Waals surface area contributed by atoms with Gasteiger partial charge in [0.1, 0.15) is 0 Å². The summed E-state index contributed by atoms with van der Waals surface area (Å²) in [5.41, 5.74) is -3.54. The summed E-state index contributed by atoms with van der Waals surface area (Å²) in [5.74, 6) is -2.83. The molecule has 1 rings (SSSR count). The number of amides is 2. The minimum absolute atomic E-state index is 1.13. The first kappa shape index (κ1) is 8.98. The molecule has 1 saturated heterocycles. The molecular formula is C5H4F3NO3. The number of nitrogens with one attached hydrogen (secondary N) is 1. The van der Waals surface area contributed by atoms with Crippen LogP contribution in [0.1, 0.15) is 6.42 Å². The molecule has 0 spiro atoms. The summed E-state index contributed by atoms with van der Waals surface area (Å²) in [6.07, 6.45) is -6.36. The number of alkyl halides is 3. The fraction of sp³-hybridized carbons (Fsp3) is 0.600. The molecule has 2 amide bonds. The Morgan fingerprint density at radius 2 is 1.92 bits per heavy atom. The lowest BCUT2D eigenvalue weighted by atomic mass is 10.0. The summed E-state index contributed by atoms with van der Waals surface area (Å²) in [6, 6.07) is 0.